The van der Waals surface area contributed by atoms with Crippen molar-refractivity contribution in [2.75, 3.05) is 0 Å². The number of nitrogens with zero attached hydrogens (tertiary/aromatic N) is 1. The van der Waals surface area contributed by atoms with E-state index in [0.717, 1.165) is 11.1 Å². The molecule has 5 heteroatoms. The van der Waals surface area contributed by atoms with Gasteiger partial charge < -0.3 is 4.90 Å². The molecule has 1 fully saturated rings. The van der Waals surface area contributed by atoms with E-state index in [0.29, 0.717) is 6.08 Å². The molecule has 2 atom stereocenters. The van der Waals surface area contributed by atoms with Crippen LogP contribution in [0.5, 0.6) is 0 Å². The Bertz CT molecular complexity index is 969. The summed E-state index contributed by atoms with van der Waals surface area (Å²) in [5, 5.41) is 0. The first-order valence-electron chi connectivity index (χ1n) is 9.23. The van der Waals surface area contributed by atoms with Gasteiger partial charge in [-0.15, -0.1) is 0 Å². The third kappa shape index (κ3) is 3.94. The molecule has 1 aliphatic rings. The number of hydrogen-bond donors (Lipinski definition) is 0. The van der Waals surface area contributed by atoms with Gasteiger partial charge in [-0.25, -0.2) is 0 Å². The molecule has 3 aromatic rings. The summed E-state index contributed by atoms with van der Waals surface area (Å²) in [6.45, 7) is 0. The summed E-state index contributed by atoms with van der Waals surface area (Å²) in [7, 11) is 0. The summed E-state index contributed by atoms with van der Waals surface area (Å²) >= 11 is 0. The van der Waals surface area contributed by atoms with Gasteiger partial charge in [-0.05, 0) is 11.1 Å². The van der Waals surface area contributed by atoms with E-state index < -0.39 is 29.7 Å². The summed E-state index contributed by atoms with van der Waals surface area (Å²) in [5.74, 6) is -0.663. The normalized spacial score (nSPS) is 19.1. The molecule has 2 nitrogen and oxygen atoms in total. The molecule has 1 saturated heterocycles. The third-order valence-electron chi connectivity index (χ3n) is 4.99. The average molecular weight is 393 g/mol. The molecule has 0 spiro atoms. The maximum atomic E-state index is 14.0. The van der Waals surface area contributed by atoms with Crippen LogP contribution in [-0.4, -0.2) is 16.9 Å². The van der Waals surface area contributed by atoms with Gasteiger partial charge in [0.2, 0.25) is 0 Å². The smallest absolute Gasteiger partial charge is 0.348 e. The van der Waals surface area contributed by atoms with Gasteiger partial charge in [-0.1, -0.05) is 91.0 Å². The Morgan fingerprint density at radius 3 is 1.55 bits per heavy atom. The van der Waals surface area contributed by atoms with Crippen molar-refractivity contribution >= 4 is 5.78 Å². The van der Waals surface area contributed by atoms with Gasteiger partial charge in [0.05, 0.1) is 12.1 Å². The molecular weight excluding hydrogens is 375 g/mol. The van der Waals surface area contributed by atoms with Crippen molar-refractivity contribution in [1.29, 1.82) is 0 Å². The minimum Gasteiger partial charge on any atom is -0.348 e. The fourth-order valence-electron chi connectivity index (χ4n) is 3.63. The SMILES string of the molecule is O=C(/C=C(\N1[C@H](c2ccccc2)[C@@H]1c1ccccc1)C(F)(F)F)c1ccccc1. The maximum Gasteiger partial charge on any atom is 0.431 e. The van der Waals surface area contributed by atoms with Crippen LogP contribution in [0.1, 0.15) is 33.6 Å². The van der Waals surface area contributed by atoms with Crippen LogP contribution >= 0.6 is 0 Å². The number of allylic oxidation sites excluding steroid dienone is 2. The van der Waals surface area contributed by atoms with Gasteiger partial charge in [-0.2, -0.15) is 13.2 Å². The van der Waals surface area contributed by atoms with Crippen molar-refractivity contribution in [3.05, 3.63) is 119 Å². The van der Waals surface area contributed by atoms with Crippen molar-refractivity contribution in [3.8, 4) is 0 Å². The minimum absolute atomic E-state index is 0.226. The van der Waals surface area contributed by atoms with E-state index in [2.05, 4.69) is 0 Å². The topological polar surface area (TPSA) is 20.1 Å². The largest absolute Gasteiger partial charge is 0.431 e. The molecule has 0 N–H and O–H groups in total. The van der Waals surface area contributed by atoms with E-state index in [4.69, 9.17) is 0 Å². The van der Waals surface area contributed by atoms with E-state index >= 15 is 0 Å². The minimum atomic E-state index is -4.65. The fourth-order valence-corrected chi connectivity index (χ4v) is 3.63. The molecule has 0 aromatic heterocycles. The highest BCUT2D eigenvalue weighted by Gasteiger charge is 2.56. The first-order valence-corrected chi connectivity index (χ1v) is 9.23. The van der Waals surface area contributed by atoms with Crippen molar-refractivity contribution < 1.29 is 18.0 Å². The number of carbonyl (C=O) groups is 1. The first-order chi connectivity index (χ1) is 14.0. The van der Waals surface area contributed by atoms with Crippen LogP contribution in [-0.2, 0) is 0 Å². The fraction of sp³-hybridized carbons (Fsp3) is 0.125. The quantitative estimate of drug-likeness (QED) is 0.296. The second kappa shape index (κ2) is 7.59. The number of carbonyl (C=O) groups excluding carboxylic acids is 1. The van der Waals surface area contributed by atoms with Gasteiger partial charge in [0.15, 0.2) is 5.78 Å². The highest BCUT2D eigenvalue weighted by molar-refractivity contribution is 6.05. The number of ketones is 1. The first kappa shape index (κ1) is 19.0. The van der Waals surface area contributed by atoms with Crippen molar-refractivity contribution in [2.45, 2.75) is 18.3 Å². The molecule has 0 radical (unpaired) electrons. The van der Waals surface area contributed by atoms with Crippen LogP contribution in [0.4, 0.5) is 13.2 Å². The lowest BCUT2D eigenvalue weighted by Crippen LogP contribution is -2.21. The lowest BCUT2D eigenvalue weighted by molar-refractivity contribution is -0.105. The summed E-state index contributed by atoms with van der Waals surface area (Å²) in [5.41, 5.74) is 0.866. The van der Waals surface area contributed by atoms with Crippen molar-refractivity contribution in [2.24, 2.45) is 0 Å². The molecule has 0 bridgehead atoms. The molecule has 1 aliphatic heterocycles. The van der Waals surface area contributed by atoms with Crippen LogP contribution in [0.15, 0.2) is 103 Å². The van der Waals surface area contributed by atoms with Crippen LogP contribution in [0.25, 0.3) is 0 Å². The predicted molar refractivity (Wildman–Crippen MR) is 105 cm³/mol. The number of rotatable bonds is 5. The molecule has 3 aromatic carbocycles. The Balaban J connectivity index is 1.76. The summed E-state index contributed by atoms with van der Waals surface area (Å²) < 4.78 is 42.0. The van der Waals surface area contributed by atoms with Gasteiger partial charge in [0, 0.05) is 11.6 Å². The van der Waals surface area contributed by atoms with Crippen LogP contribution in [0.3, 0.4) is 0 Å². The zero-order chi connectivity index (χ0) is 20.4. The molecule has 1 heterocycles. The molecule has 0 aliphatic carbocycles. The monoisotopic (exact) mass is 393 g/mol. The second-order valence-electron chi connectivity index (χ2n) is 6.88. The zero-order valence-corrected chi connectivity index (χ0v) is 15.4. The summed E-state index contributed by atoms with van der Waals surface area (Å²) in [6, 6.07) is 25.2. The van der Waals surface area contributed by atoms with Gasteiger partial charge in [0.1, 0.15) is 5.70 Å². The Labute approximate surface area is 166 Å². The average Bonchev–Trinajstić information content (AvgIpc) is 3.48. The molecule has 0 saturated carbocycles. The Kier molecular flexibility index (Phi) is 4.97. The van der Waals surface area contributed by atoms with E-state index in [1.807, 2.05) is 36.4 Å². The number of hydrogen-bond acceptors (Lipinski definition) is 2. The standard InChI is InChI=1S/C24H18F3NO/c25-24(26,27)21(16-20(29)17-10-4-1-5-11-17)28-22(18-12-6-2-7-13-18)23(28)19-14-8-3-9-15-19/h1-16,22-23H/b21-16-/t22-,23+,28?. The van der Waals surface area contributed by atoms with Crippen LogP contribution < -0.4 is 0 Å². The molecular formula is C24H18F3NO. The lowest BCUT2D eigenvalue weighted by atomic mass is 10.0. The number of alkyl halides is 3. The number of benzene rings is 3. The Hall–Kier alpha value is -3.34. The molecule has 0 unspecified atom stereocenters. The zero-order valence-electron chi connectivity index (χ0n) is 15.4. The molecule has 0 amide bonds. The van der Waals surface area contributed by atoms with Gasteiger partial charge in [-0.3, -0.25) is 4.79 Å². The lowest BCUT2D eigenvalue weighted by Gasteiger charge is -2.15. The molecule has 146 valence electrons. The van der Waals surface area contributed by atoms with E-state index in [1.54, 1.807) is 42.5 Å². The predicted octanol–water partition coefficient (Wildman–Crippen LogP) is 6.11. The Morgan fingerprint density at radius 1 is 0.724 bits per heavy atom. The van der Waals surface area contributed by atoms with Crippen LogP contribution in [0.2, 0.25) is 0 Å². The van der Waals surface area contributed by atoms with E-state index in [1.165, 1.54) is 17.0 Å². The van der Waals surface area contributed by atoms with E-state index in [-0.39, 0.29) is 5.56 Å². The van der Waals surface area contributed by atoms with Crippen molar-refractivity contribution in [1.82, 2.24) is 4.90 Å². The highest BCUT2D eigenvalue weighted by Crippen LogP contribution is 2.59. The summed E-state index contributed by atoms with van der Waals surface area (Å²) in [6.07, 6.45) is -3.94. The van der Waals surface area contributed by atoms with E-state index in [9.17, 15) is 18.0 Å². The highest BCUT2D eigenvalue weighted by atomic mass is 19.4. The summed E-state index contributed by atoms with van der Waals surface area (Å²) in [4.78, 5) is 13.8. The second-order valence-corrected chi connectivity index (χ2v) is 6.88. The van der Waals surface area contributed by atoms with Gasteiger partial charge >= 0.3 is 6.18 Å². The Morgan fingerprint density at radius 2 is 1.14 bits per heavy atom. The third-order valence-corrected chi connectivity index (χ3v) is 4.99. The van der Waals surface area contributed by atoms with Crippen molar-refractivity contribution in [3.63, 3.8) is 0 Å². The van der Waals surface area contributed by atoms with Gasteiger partial charge in [0.25, 0.3) is 0 Å². The number of halogens is 3. The molecule has 4 rings (SSSR count). The maximum absolute atomic E-state index is 14.0. The molecule has 29 heavy (non-hydrogen) atoms. The van der Waals surface area contributed by atoms with Crippen LogP contribution in [0, 0.1) is 0 Å².